The number of methoxy groups -OCH3 is 1. The number of amides is 1. The summed E-state index contributed by atoms with van der Waals surface area (Å²) in [4.78, 5) is 17.6. The Morgan fingerprint density at radius 3 is 2.23 bits per heavy atom. The quantitative estimate of drug-likeness (QED) is 0.435. The van der Waals surface area contributed by atoms with Gasteiger partial charge in [0.15, 0.2) is 5.69 Å². The average molecular weight is 468 g/mol. The van der Waals surface area contributed by atoms with Gasteiger partial charge in [-0.15, -0.1) is 0 Å². The van der Waals surface area contributed by atoms with E-state index in [0.29, 0.717) is 5.69 Å². The lowest BCUT2D eigenvalue weighted by atomic mass is 10.2. The highest BCUT2D eigenvalue weighted by Crippen LogP contribution is 2.21. The van der Waals surface area contributed by atoms with Crippen molar-refractivity contribution in [3.05, 3.63) is 102 Å². The number of ether oxygens (including phenoxy) is 1. The van der Waals surface area contributed by atoms with Gasteiger partial charge < -0.3 is 15.0 Å². The van der Waals surface area contributed by atoms with Gasteiger partial charge in [0.05, 0.1) is 12.8 Å². The third kappa shape index (κ3) is 5.53. The third-order valence-electron chi connectivity index (χ3n) is 6.27. The Balaban J connectivity index is 1.15. The van der Waals surface area contributed by atoms with Gasteiger partial charge in [-0.1, -0.05) is 30.3 Å². The summed E-state index contributed by atoms with van der Waals surface area (Å²) in [5, 5.41) is 7.36. The van der Waals surface area contributed by atoms with E-state index in [1.807, 2.05) is 36.4 Å². The zero-order valence-corrected chi connectivity index (χ0v) is 19.8. The Morgan fingerprint density at radius 2 is 1.54 bits per heavy atom. The summed E-state index contributed by atoms with van der Waals surface area (Å²) in [6, 6.07) is 27.9. The van der Waals surface area contributed by atoms with Crippen molar-refractivity contribution in [2.75, 3.05) is 43.5 Å². The first-order valence-electron chi connectivity index (χ1n) is 11.8. The van der Waals surface area contributed by atoms with Crippen LogP contribution in [-0.2, 0) is 6.54 Å². The number of rotatable bonds is 7. The number of benzene rings is 3. The van der Waals surface area contributed by atoms with E-state index in [9.17, 15) is 4.79 Å². The fraction of sp³-hybridized carbons (Fsp3) is 0.214. The SMILES string of the molecule is COc1ccc(-n2ccc(C(=O)Nc3ccc(N4CCN(Cc5ccccc5)CC4)cc3)n2)cc1. The number of nitrogens with zero attached hydrogens (tertiary/aromatic N) is 4. The average Bonchev–Trinajstić information content (AvgIpc) is 3.41. The molecule has 35 heavy (non-hydrogen) atoms. The number of carbonyl (C=O) groups is 1. The molecule has 1 aliphatic heterocycles. The van der Waals surface area contributed by atoms with Gasteiger partial charge in [0.25, 0.3) is 5.91 Å². The maximum Gasteiger partial charge on any atom is 0.276 e. The zero-order valence-electron chi connectivity index (χ0n) is 19.8. The molecule has 1 N–H and O–H groups in total. The normalized spacial score (nSPS) is 14.0. The first-order valence-corrected chi connectivity index (χ1v) is 11.8. The van der Waals surface area contributed by atoms with Crippen LogP contribution in [0.25, 0.3) is 5.69 Å². The lowest BCUT2D eigenvalue weighted by molar-refractivity contribution is 0.102. The predicted molar refractivity (Wildman–Crippen MR) is 138 cm³/mol. The van der Waals surface area contributed by atoms with E-state index in [0.717, 1.165) is 49.8 Å². The minimum Gasteiger partial charge on any atom is -0.497 e. The number of hydrogen-bond donors (Lipinski definition) is 1. The molecule has 7 nitrogen and oxygen atoms in total. The van der Waals surface area contributed by atoms with Crippen LogP contribution >= 0.6 is 0 Å². The van der Waals surface area contributed by atoms with Gasteiger partial charge in [-0.3, -0.25) is 9.69 Å². The summed E-state index contributed by atoms with van der Waals surface area (Å²) in [6.07, 6.45) is 1.78. The van der Waals surface area contributed by atoms with Crippen molar-refractivity contribution in [3.63, 3.8) is 0 Å². The van der Waals surface area contributed by atoms with Crippen molar-refractivity contribution < 1.29 is 9.53 Å². The van der Waals surface area contributed by atoms with Crippen molar-refractivity contribution in [3.8, 4) is 11.4 Å². The molecule has 0 unspecified atom stereocenters. The van der Waals surface area contributed by atoms with Gasteiger partial charge in [0.1, 0.15) is 5.75 Å². The van der Waals surface area contributed by atoms with Gasteiger partial charge in [-0.25, -0.2) is 4.68 Å². The van der Waals surface area contributed by atoms with Gasteiger partial charge in [0.2, 0.25) is 0 Å². The molecule has 1 aromatic heterocycles. The van der Waals surface area contributed by atoms with E-state index < -0.39 is 0 Å². The maximum absolute atomic E-state index is 12.7. The third-order valence-corrected chi connectivity index (χ3v) is 6.27. The number of aromatic nitrogens is 2. The molecule has 0 bridgehead atoms. The van der Waals surface area contributed by atoms with E-state index in [1.165, 1.54) is 11.3 Å². The van der Waals surface area contributed by atoms with E-state index in [4.69, 9.17) is 4.74 Å². The second kappa shape index (κ2) is 10.4. The van der Waals surface area contributed by atoms with E-state index in [-0.39, 0.29) is 5.91 Å². The lowest BCUT2D eigenvalue weighted by Crippen LogP contribution is -2.45. The topological polar surface area (TPSA) is 62.6 Å². The highest BCUT2D eigenvalue weighted by Gasteiger charge is 2.17. The Bertz CT molecular complexity index is 1240. The Labute approximate surface area is 205 Å². The van der Waals surface area contributed by atoms with Crippen LogP contribution in [0.4, 0.5) is 11.4 Å². The van der Waals surface area contributed by atoms with Crippen molar-refractivity contribution in [1.82, 2.24) is 14.7 Å². The smallest absolute Gasteiger partial charge is 0.276 e. The van der Waals surface area contributed by atoms with Crippen LogP contribution in [0, 0.1) is 0 Å². The summed E-state index contributed by atoms with van der Waals surface area (Å²) in [7, 11) is 1.63. The summed E-state index contributed by atoms with van der Waals surface area (Å²) in [5.74, 6) is 0.538. The molecule has 0 spiro atoms. The van der Waals surface area contributed by atoms with Crippen molar-refractivity contribution in [1.29, 1.82) is 0 Å². The Hall–Kier alpha value is -4.10. The van der Waals surface area contributed by atoms with Gasteiger partial charge >= 0.3 is 0 Å². The van der Waals surface area contributed by atoms with Gasteiger partial charge in [-0.05, 0) is 60.2 Å². The summed E-state index contributed by atoms with van der Waals surface area (Å²) >= 11 is 0. The van der Waals surface area contributed by atoms with Crippen LogP contribution in [0.3, 0.4) is 0 Å². The lowest BCUT2D eigenvalue weighted by Gasteiger charge is -2.36. The highest BCUT2D eigenvalue weighted by molar-refractivity contribution is 6.02. The Morgan fingerprint density at radius 1 is 0.857 bits per heavy atom. The van der Waals surface area contributed by atoms with Crippen molar-refractivity contribution in [2.45, 2.75) is 6.54 Å². The first kappa shape index (κ1) is 22.7. The van der Waals surface area contributed by atoms with Crippen molar-refractivity contribution >= 4 is 17.3 Å². The maximum atomic E-state index is 12.7. The van der Waals surface area contributed by atoms with Crippen LogP contribution < -0.4 is 15.0 Å². The first-order chi connectivity index (χ1) is 17.2. The molecule has 0 radical (unpaired) electrons. The number of piperazine rings is 1. The number of carbonyl (C=O) groups excluding carboxylic acids is 1. The van der Waals surface area contributed by atoms with Crippen molar-refractivity contribution in [2.24, 2.45) is 0 Å². The molecule has 0 atom stereocenters. The number of anilines is 2. The monoisotopic (exact) mass is 467 g/mol. The number of nitrogens with one attached hydrogen (secondary N) is 1. The van der Waals surface area contributed by atoms with E-state index in [2.05, 4.69) is 62.7 Å². The molecule has 7 heteroatoms. The van der Waals surface area contributed by atoms with Gasteiger partial charge in [0, 0.05) is 50.3 Å². The molecule has 0 saturated carbocycles. The summed E-state index contributed by atoms with van der Waals surface area (Å²) < 4.78 is 6.86. The second-order valence-corrected chi connectivity index (χ2v) is 8.59. The van der Waals surface area contributed by atoms with Crippen LogP contribution in [0.2, 0.25) is 0 Å². The molecular formula is C28H29N5O2. The molecule has 1 fully saturated rings. The predicted octanol–water partition coefficient (Wildman–Crippen LogP) is 4.46. The second-order valence-electron chi connectivity index (χ2n) is 8.59. The fourth-order valence-corrected chi connectivity index (χ4v) is 4.28. The van der Waals surface area contributed by atoms with E-state index in [1.54, 1.807) is 24.1 Å². The zero-order chi connectivity index (χ0) is 24.0. The minimum absolute atomic E-state index is 0.237. The summed E-state index contributed by atoms with van der Waals surface area (Å²) in [5.41, 5.74) is 4.50. The molecule has 1 aliphatic rings. The Kier molecular flexibility index (Phi) is 6.77. The van der Waals surface area contributed by atoms with Crippen LogP contribution in [0.15, 0.2) is 91.1 Å². The molecule has 0 aliphatic carbocycles. The molecule has 3 aromatic carbocycles. The summed E-state index contributed by atoms with van der Waals surface area (Å²) in [6.45, 7) is 5.03. The van der Waals surface area contributed by atoms with Crippen LogP contribution in [-0.4, -0.2) is 53.9 Å². The van der Waals surface area contributed by atoms with E-state index >= 15 is 0 Å². The standard InChI is InChI=1S/C28H29N5O2/c1-35-26-13-11-25(12-14-26)33-16-15-27(30-33)28(34)29-23-7-9-24(10-8-23)32-19-17-31(18-20-32)21-22-5-3-2-4-6-22/h2-16H,17-21H2,1H3,(H,29,34). The molecule has 2 heterocycles. The van der Waals surface area contributed by atoms with Crippen LogP contribution in [0.1, 0.15) is 16.1 Å². The number of hydrogen-bond acceptors (Lipinski definition) is 5. The minimum atomic E-state index is -0.237. The molecule has 5 rings (SSSR count). The molecule has 1 saturated heterocycles. The molecule has 1 amide bonds. The highest BCUT2D eigenvalue weighted by atomic mass is 16.5. The largest absolute Gasteiger partial charge is 0.497 e. The molecule has 4 aromatic rings. The fourth-order valence-electron chi connectivity index (χ4n) is 4.28. The van der Waals surface area contributed by atoms with Gasteiger partial charge in [-0.2, -0.15) is 5.10 Å². The molecule has 178 valence electrons. The molecular weight excluding hydrogens is 438 g/mol. The van der Waals surface area contributed by atoms with Crippen LogP contribution in [0.5, 0.6) is 5.75 Å².